The van der Waals surface area contributed by atoms with Gasteiger partial charge in [-0.2, -0.15) is 5.10 Å². The minimum absolute atomic E-state index is 0.116. The van der Waals surface area contributed by atoms with Gasteiger partial charge in [-0.25, -0.2) is 0 Å². The van der Waals surface area contributed by atoms with Crippen molar-refractivity contribution in [1.29, 1.82) is 0 Å². The van der Waals surface area contributed by atoms with E-state index in [1.807, 2.05) is 19.9 Å². The Morgan fingerprint density at radius 2 is 2.00 bits per heavy atom. The Morgan fingerprint density at radius 1 is 1.21 bits per heavy atom. The van der Waals surface area contributed by atoms with Crippen molar-refractivity contribution >= 4 is 23.2 Å². The molecule has 5 nitrogen and oxygen atoms in total. The first-order chi connectivity index (χ1) is 11.5. The molecule has 0 unspecified atom stereocenters. The molecular weight excluding hydrogens is 326 g/mol. The number of hydrogen-bond acceptors (Lipinski definition) is 3. The van der Waals surface area contributed by atoms with Gasteiger partial charge in [-0.05, 0) is 49.7 Å². The van der Waals surface area contributed by atoms with E-state index in [1.54, 1.807) is 36.4 Å². The maximum absolute atomic E-state index is 12.4. The number of aromatic amines is 1. The summed E-state index contributed by atoms with van der Waals surface area (Å²) in [7, 11) is 0. The largest absolute Gasteiger partial charge is 0.507 e. The molecule has 1 heterocycles. The van der Waals surface area contributed by atoms with Crippen LogP contribution in [-0.2, 0) is 0 Å². The number of amides is 1. The van der Waals surface area contributed by atoms with E-state index in [4.69, 9.17) is 11.6 Å². The molecule has 0 saturated carbocycles. The molecule has 0 aliphatic rings. The number of halogens is 1. The van der Waals surface area contributed by atoms with Gasteiger partial charge in [0.05, 0.1) is 5.69 Å². The Hall–Kier alpha value is -2.79. The summed E-state index contributed by atoms with van der Waals surface area (Å²) in [4.78, 5) is 12.4. The van der Waals surface area contributed by atoms with Crippen LogP contribution in [-0.4, -0.2) is 21.2 Å². The fraction of sp³-hybridized carbons (Fsp3) is 0.111. The van der Waals surface area contributed by atoms with Crippen molar-refractivity contribution in [3.63, 3.8) is 0 Å². The minimum Gasteiger partial charge on any atom is -0.507 e. The van der Waals surface area contributed by atoms with Crippen molar-refractivity contribution in [2.24, 2.45) is 0 Å². The fourth-order valence-corrected chi connectivity index (χ4v) is 2.54. The number of anilines is 1. The lowest BCUT2D eigenvalue weighted by molar-refractivity contribution is 0.102. The molecule has 0 spiro atoms. The summed E-state index contributed by atoms with van der Waals surface area (Å²) in [6.07, 6.45) is 0. The molecule has 1 aromatic heterocycles. The molecule has 1 amide bonds. The van der Waals surface area contributed by atoms with Gasteiger partial charge < -0.3 is 10.4 Å². The van der Waals surface area contributed by atoms with Gasteiger partial charge in [0.25, 0.3) is 5.91 Å². The normalized spacial score (nSPS) is 10.6. The Kier molecular flexibility index (Phi) is 4.27. The second-order valence-electron chi connectivity index (χ2n) is 5.55. The van der Waals surface area contributed by atoms with E-state index in [1.165, 1.54) is 0 Å². The molecule has 6 heteroatoms. The highest BCUT2D eigenvalue weighted by atomic mass is 35.5. The lowest BCUT2D eigenvalue weighted by Gasteiger charge is -2.08. The van der Waals surface area contributed by atoms with E-state index < -0.39 is 0 Å². The number of aromatic nitrogens is 2. The molecule has 0 aliphatic carbocycles. The SMILES string of the molecule is Cc1ccc(O)c(-c2cc(C(=O)Nc3cccc(Cl)c3C)[nH]n2)c1. The maximum Gasteiger partial charge on any atom is 0.273 e. The molecular formula is C18H16ClN3O2. The van der Waals surface area contributed by atoms with E-state index in [9.17, 15) is 9.90 Å². The lowest BCUT2D eigenvalue weighted by atomic mass is 10.1. The molecule has 3 aromatic rings. The van der Waals surface area contributed by atoms with Crippen molar-refractivity contribution < 1.29 is 9.90 Å². The number of rotatable bonds is 3. The van der Waals surface area contributed by atoms with Crippen LogP contribution in [0.1, 0.15) is 21.6 Å². The Bertz CT molecular complexity index is 918. The van der Waals surface area contributed by atoms with Crippen LogP contribution in [0, 0.1) is 13.8 Å². The van der Waals surface area contributed by atoms with Gasteiger partial charge in [-0.3, -0.25) is 9.89 Å². The van der Waals surface area contributed by atoms with Crippen LogP contribution < -0.4 is 5.32 Å². The minimum atomic E-state index is -0.328. The summed E-state index contributed by atoms with van der Waals surface area (Å²) in [5.41, 5.74) is 3.80. The molecule has 122 valence electrons. The summed E-state index contributed by atoms with van der Waals surface area (Å²) in [6.45, 7) is 3.76. The van der Waals surface area contributed by atoms with Crippen LogP contribution in [0.5, 0.6) is 5.75 Å². The molecule has 3 rings (SSSR count). The van der Waals surface area contributed by atoms with E-state index in [2.05, 4.69) is 15.5 Å². The number of carbonyl (C=O) groups is 1. The van der Waals surface area contributed by atoms with Crippen LogP contribution in [0.3, 0.4) is 0 Å². The Balaban J connectivity index is 1.86. The Morgan fingerprint density at radius 3 is 2.79 bits per heavy atom. The van der Waals surface area contributed by atoms with Crippen LogP contribution in [0.25, 0.3) is 11.3 Å². The van der Waals surface area contributed by atoms with Crippen molar-refractivity contribution in [3.05, 3.63) is 64.3 Å². The van der Waals surface area contributed by atoms with Gasteiger partial charge >= 0.3 is 0 Å². The van der Waals surface area contributed by atoms with Crippen LogP contribution >= 0.6 is 11.6 Å². The summed E-state index contributed by atoms with van der Waals surface area (Å²) in [5.74, 6) is -0.212. The number of aromatic hydroxyl groups is 1. The van der Waals surface area contributed by atoms with Crippen LogP contribution in [0.15, 0.2) is 42.5 Å². The predicted molar refractivity (Wildman–Crippen MR) is 94.6 cm³/mol. The number of phenolic OH excluding ortho intramolecular Hbond substituents is 1. The molecule has 0 radical (unpaired) electrons. The lowest BCUT2D eigenvalue weighted by Crippen LogP contribution is -2.13. The number of H-pyrrole nitrogens is 1. The molecule has 24 heavy (non-hydrogen) atoms. The molecule has 3 N–H and O–H groups in total. The standard InChI is InChI=1S/C18H16ClN3O2/c1-10-6-7-17(23)12(8-10)15-9-16(22-21-15)18(24)20-14-5-3-4-13(19)11(14)2/h3-9,23H,1-2H3,(H,20,24)(H,21,22). The highest BCUT2D eigenvalue weighted by molar-refractivity contribution is 6.31. The zero-order chi connectivity index (χ0) is 17.3. The van der Waals surface area contributed by atoms with Crippen molar-refractivity contribution in [2.45, 2.75) is 13.8 Å². The summed E-state index contributed by atoms with van der Waals surface area (Å²) >= 11 is 6.06. The highest BCUT2D eigenvalue weighted by Crippen LogP contribution is 2.29. The molecule has 0 atom stereocenters. The topological polar surface area (TPSA) is 78.0 Å². The number of aryl methyl sites for hydroxylation is 1. The number of phenols is 1. The van der Waals surface area contributed by atoms with Gasteiger partial charge in [0.15, 0.2) is 0 Å². The van der Waals surface area contributed by atoms with Crippen molar-refractivity contribution in [3.8, 4) is 17.0 Å². The molecule has 0 aliphatic heterocycles. The quantitative estimate of drug-likeness (QED) is 0.664. The number of hydrogen-bond donors (Lipinski definition) is 3. The van der Waals surface area contributed by atoms with E-state index in [-0.39, 0.29) is 11.7 Å². The third-order valence-electron chi connectivity index (χ3n) is 3.77. The zero-order valence-corrected chi connectivity index (χ0v) is 14.0. The average molecular weight is 342 g/mol. The van der Waals surface area contributed by atoms with E-state index in [0.717, 1.165) is 11.1 Å². The molecule has 0 saturated heterocycles. The van der Waals surface area contributed by atoms with E-state index in [0.29, 0.717) is 27.7 Å². The molecule has 0 fully saturated rings. The summed E-state index contributed by atoms with van der Waals surface area (Å²) < 4.78 is 0. The fourth-order valence-electron chi connectivity index (χ4n) is 2.36. The summed E-state index contributed by atoms with van der Waals surface area (Å²) in [6, 6.07) is 12.1. The third kappa shape index (κ3) is 3.12. The van der Waals surface area contributed by atoms with Crippen LogP contribution in [0.4, 0.5) is 5.69 Å². The maximum atomic E-state index is 12.4. The molecule has 0 bridgehead atoms. The average Bonchev–Trinajstić information content (AvgIpc) is 3.04. The Labute approximate surface area is 144 Å². The second kappa shape index (κ2) is 6.37. The number of carbonyl (C=O) groups excluding carboxylic acids is 1. The van der Waals surface area contributed by atoms with Gasteiger partial charge in [0, 0.05) is 16.3 Å². The van der Waals surface area contributed by atoms with Gasteiger partial charge in [0.2, 0.25) is 0 Å². The van der Waals surface area contributed by atoms with Crippen LogP contribution in [0.2, 0.25) is 5.02 Å². The van der Waals surface area contributed by atoms with Gasteiger partial charge in [0.1, 0.15) is 11.4 Å². The van der Waals surface area contributed by atoms with E-state index >= 15 is 0 Å². The monoisotopic (exact) mass is 341 g/mol. The zero-order valence-electron chi connectivity index (χ0n) is 13.2. The number of nitrogens with one attached hydrogen (secondary N) is 2. The van der Waals surface area contributed by atoms with Gasteiger partial charge in [-0.1, -0.05) is 29.3 Å². The third-order valence-corrected chi connectivity index (χ3v) is 4.18. The smallest absolute Gasteiger partial charge is 0.273 e. The first-order valence-electron chi connectivity index (χ1n) is 7.37. The number of nitrogens with zero attached hydrogens (tertiary/aromatic N) is 1. The second-order valence-corrected chi connectivity index (χ2v) is 5.96. The van der Waals surface area contributed by atoms with Gasteiger partial charge in [-0.15, -0.1) is 0 Å². The van der Waals surface area contributed by atoms with Crippen molar-refractivity contribution in [1.82, 2.24) is 10.2 Å². The first kappa shape index (κ1) is 16.1. The molecule has 2 aromatic carbocycles. The first-order valence-corrected chi connectivity index (χ1v) is 7.75. The summed E-state index contributed by atoms with van der Waals surface area (Å²) in [5, 5.41) is 20.2. The highest BCUT2D eigenvalue weighted by Gasteiger charge is 2.14. The predicted octanol–water partition coefficient (Wildman–Crippen LogP) is 4.30. The van der Waals surface area contributed by atoms with Crippen molar-refractivity contribution in [2.75, 3.05) is 5.32 Å². The number of benzene rings is 2.